The minimum atomic E-state index is 0.926. The first kappa shape index (κ1) is 14.0. The second kappa shape index (κ2) is 8.32. The Morgan fingerprint density at radius 1 is 0.857 bits per heavy atom. The summed E-state index contributed by atoms with van der Waals surface area (Å²) in [5, 5.41) is 0. The normalized spacial score (nSPS) is 15.9. The van der Waals surface area contributed by atoms with Gasteiger partial charge in [-0.1, -0.05) is 66.7 Å². The van der Waals surface area contributed by atoms with Crippen LogP contribution < -0.4 is 0 Å². The lowest BCUT2D eigenvalue weighted by atomic mass is 9.80. The van der Waals surface area contributed by atoms with Gasteiger partial charge in [-0.15, -0.1) is 0 Å². The van der Waals surface area contributed by atoms with Crippen LogP contribution in [0.3, 0.4) is 0 Å². The lowest BCUT2D eigenvalue weighted by molar-refractivity contribution is 0.251. The van der Waals surface area contributed by atoms with E-state index < -0.39 is 0 Å². The maximum atomic E-state index is 2.43. The van der Waals surface area contributed by atoms with E-state index in [4.69, 9.17) is 0 Å². The predicted molar refractivity (Wildman–Crippen MR) is 66.5 cm³/mol. The third-order valence-corrected chi connectivity index (χ3v) is 3.90. The van der Waals surface area contributed by atoms with E-state index in [1.807, 2.05) is 0 Å². The Morgan fingerprint density at radius 2 is 1.43 bits per heavy atom. The van der Waals surface area contributed by atoms with Gasteiger partial charge in [-0.3, -0.25) is 0 Å². The number of hydrogen-bond acceptors (Lipinski definition) is 0. The molecule has 0 aromatic carbocycles. The zero-order valence-corrected chi connectivity index (χ0v) is 11.0. The average Bonchev–Trinajstić information content (AvgIpc) is 2.23. The van der Waals surface area contributed by atoms with Gasteiger partial charge in [0.15, 0.2) is 0 Å². The third kappa shape index (κ3) is 5.02. The fourth-order valence-electron chi connectivity index (χ4n) is 2.39. The van der Waals surface area contributed by atoms with Crippen LogP contribution in [0.4, 0.5) is 0 Å². The molecule has 0 aliphatic carbocycles. The maximum Gasteiger partial charge on any atom is -0.0386 e. The van der Waals surface area contributed by atoms with Crippen LogP contribution >= 0.6 is 0 Å². The monoisotopic (exact) mass is 198 g/mol. The molecular formula is C14H30. The van der Waals surface area contributed by atoms with Gasteiger partial charge in [0.2, 0.25) is 0 Å². The van der Waals surface area contributed by atoms with E-state index in [9.17, 15) is 0 Å². The van der Waals surface area contributed by atoms with Gasteiger partial charge in [-0.25, -0.2) is 0 Å². The van der Waals surface area contributed by atoms with Gasteiger partial charge in [-0.2, -0.15) is 0 Å². The standard InChI is InChI=1S/C14H30/c1-6-10-14(12(5)7-2)11-13(8-3)9-4/h12-14H,6-11H2,1-5H3. The highest BCUT2D eigenvalue weighted by molar-refractivity contribution is 4.69. The molecule has 0 heterocycles. The Kier molecular flexibility index (Phi) is 8.32. The van der Waals surface area contributed by atoms with Crippen LogP contribution in [0.1, 0.15) is 73.1 Å². The summed E-state index contributed by atoms with van der Waals surface area (Å²) >= 11 is 0. The van der Waals surface area contributed by atoms with Crippen LogP contribution in [-0.4, -0.2) is 0 Å². The quantitative estimate of drug-likeness (QED) is 0.498. The first-order chi connectivity index (χ1) is 6.69. The topological polar surface area (TPSA) is 0 Å². The van der Waals surface area contributed by atoms with Crippen molar-refractivity contribution in [3.63, 3.8) is 0 Å². The minimum Gasteiger partial charge on any atom is -0.0654 e. The molecule has 0 aromatic heterocycles. The smallest absolute Gasteiger partial charge is 0.0386 e. The van der Waals surface area contributed by atoms with Gasteiger partial charge in [0.05, 0.1) is 0 Å². The van der Waals surface area contributed by atoms with Crippen molar-refractivity contribution in [2.75, 3.05) is 0 Å². The van der Waals surface area contributed by atoms with Crippen molar-refractivity contribution in [1.82, 2.24) is 0 Å². The molecule has 0 heteroatoms. The summed E-state index contributed by atoms with van der Waals surface area (Å²) in [5.74, 6) is 2.88. The van der Waals surface area contributed by atoms with Gasteiger partial charge < -0.3 is 0 Å². The molecule has 0 aliphatic rings. The molecule has 0 amide bonds. The summed E-state index contributed by atoms with van der Waals surface area (Å²) in [6, 6.07) is 0. The van der Waals surface area contributed by atoms with E-state index in [0.717, 1.165) is 17.8 Å². The molecule has 2 unspecified atom stereocenters. The fourth-order valence-corrected chi connectivity index (χ4v) is 2.39. The zero-order chi connectivity index (χ0) is 11.0. The second-order valence-corrected chi connectivity index (χ2v) is 4.85. The van der Waals surface area contributed by atoms with Crippen LogP contribution in [0.2, 0.25) is 0 Å². The van der Waals surface area contributed by atoms with Crippen LogP contribution in [0, 0.1) is 17.8 Å². The molecular weight excluding hydrogens is 168 g/mol. The number of rotatable bonds is 8. The Bertz CT molecular complexity index is 110. The number of hydrogen-bond donors (Lipinski definition) is 0. The van der Waals surface area contributed by atoms with Gasteiger partial charge >= 0.3 is 0 Å². The van der Waals surface area contributed by atoms with E-state index in [1.54, 1.807) is 0 Å². The molecule has 0 spiro atoms. The molecule has 0 radical (unpaired) electrons. The Morgan fingerprint density at radius 3 is 1.79 bits per heavy atom. The van der Waals surface area contributed by atoms with Crippen LogP contribution in [0.5, 0.6) is 0 Å². The predicted octanol–water partition coefficient (Wildman–Crippen LogP) is 5.28. The highest BCUT2D eigenvalue weighted by atomic mass is 14.2. The van der Waals surface area contributed by atoms with Gasteiger partial charge in [0.25, 0.3) is 0 Å². The molecule has 0 fully saturated rings. The van der Waals surface area contributed by atoms with E-state index in [2.05, 4.69) is 34.6 Å². The second-order valence-electron chi connectivity index (χ2n) is 4.85. The summed E-state index contributed by atoms with van der Waals surface area (Å²) in [4.78, 5) is 0. The van der Waals surface area contributed by atoms with Crippen LogP contribution in [0.15, 0.2) is 0 Å². The molecule has 0 rings (SSSR count). The Hall–Kier alpha value is 0. The average molecular weight is 198 g/mol. The fraction of sp³-hybridized carbons (Fsp3) is 1.00. The largest absolute Gasteiger partial charge is 0.0654 e. The molecule has 86 valence electrons. The molecule has 0 saturated carbocycles. The molecule has 0 saturated heterocycles. The van der Waals surface area contributed by atoms with Gasteiger partial charge in [0.1, 0.15) is 0 Å². The summed E-state index contributed by atoms with van der Waals surface area (Å²) in [5.41, 5.74) is 0. The van der Waals surface area contributed by atoms with Crippen molar-refractivity contribution in [2.24, 2.45) is 17.8 Å². The van der Waals surface area contributed by atoms with Crippen molar-refractivity contribution in [1.29, 1.82) is 0 Å². The first-order valence-corrected chi connectivity index (χ1v) is 6.69. The van der Waals surface area contributed by atoms with Crippen molar-refractivity contribution < 1.29 is 0 Å². The first-order valence-electron chi connectivity index (χ1n) is 6.69. The minimum absolute atomic E-state index is 0.926. The molecule has 14 heavy (non-hydrogen) atoms. The maximum absolute atomic E-state index is 2.43. The molecule has 0 N–H and O–H groups in total. The summed E-state index contributed by atoms with van der Waals surface area (Å²) in [6.45, 7) is 11.8. The lowest BCUT2D eigenvalue weighted by Gasteiger charge is -2.26. The molecule has 0 bridgehead atoms. The summed E-state index contributed by atoms with van der Waals surface area (Å²) in [7, 11) is 0. The van der Waals surface area contributed by atoms with Gasteiger partial charge in [0, 0.05) is 0 Å². The van der Waals surface area contributed by atoms with Crippen molar-refractivity contribution in [3.05, 3.63) is 0 Å². The van der Waals surface area contributed by atoms with E-state index >= 15 is 0 Å². The molecule has 2 atom stereocenters. The Balaban J connectivity index is 4.05. The van der Waals surface area contributed by atoms with Crippen molar-refractivity contribution in [2.45, 2.75) is 73.1 Å². The van der Waals surface area contributed by atoms with E-state index in [-0.39, 0.29) is 0 Å². The van der Waals surface area contributed by atoms with E-state index in [0.29, 0.717) is 0 Å². The summed E-state index contributed by atoms with van der Waals surface area (Å²) < 4.78 is 0. The van der Waals surface area contributed by atoms with E-state index in [1.165, 1.54) is 38.5 Å². The van der Waals surface area contributed by atoms with Crippen LogP contribution in [0.25, 0.3) is 0 Å². The lowest BCUT2D eigenvalue weighted by Crippen LogP contribution is -2.15. The van der Waals surface area contributed by atoms with Crippen molar-refractivity contribution >= 4 is 0 Å². The van der Waals surface area contributed by atoms with Gasteiger partial charge in [-0.05, 0) is 24.2 Å². The molecule has 0 aromatic rings. The Labute approximate surface area is 91.5 Å². The highest BCUT2D eigenvalue weighted by Gasteiger charge is 2.18. The molecule has 0 aliphatic heterocycles. The third-order valence-electron chi connectivity index (χ3n) is 3.90. The zero-order valence-electron chi connectivity index (χ0n) is 11.0. The molecule has 0 nitrogen and oxygen atoms in total. The van der Waals surface area contributed by atoms with Crippen LogP contribution in [-0.2, 0) is 0 Å². The highest BCUT2D eigenvalue weighted by Crippen LogP contribution is 2.29. The van der Waals surface area contributed by atoms with Crippen molar-refractivity contribution in [3.8, 4) is 0 Å². The SMILES string of the molecule is CCCC(CC(CC)CC)C(C)CC. The summed E-state index contributed by atoms with van der Waals surface area (Å²) in [6.07, 6.45) is 8.35.